The van der Waals surface area contributed by atoms with E-state index in [1.165, 1.54) is 12.1 Å². The third kappa shape index (κ3) is 5.00. The molecule has 0 unspecified atom stereocenters. The van der Waals surface area contributed by atoms with Gasteiger partial charge in [-0.1, -0.05) is 0 Å². The predicted molar refractivity (Wildman–Crippen MR) is 114 cm³/mol. The van der Waals surface area contributed by atoms with Crippen molar-refractivity contribution in [1.29, 1.82) is 0 Å². The number of hydrazine groups is 1. The fraction of sp³-hybridized carbons (Fsp3) is 0.190. The number of carbonyl (C=O) groups is 1. The number of carbonyl (C=O) groups excluding carboxylic acids is 1. The predicted octanol–water partition coefficient (Wildman–Crippen LogP) is 2.29. The lowest BCUT2D eigenvalue weighted by Gasteiger charge is -2.12. The van der Waals surface area contributed by atoms with E-state index in [9.17, 15) is 9.18 Å². The smallest absolute Gasteiger partial charge is 0.251 e. The molecular weight excluding hydrogens is 387 g/mol. The first kappa shape index (κ1) is 21.0. The van der Waals surface area contributed by atoms with Crippen molar-refractivity contribution in [3.05, 3.63) is 59.9 Å². The van der Waals surface area contributed by atoms with Crippen molar-refractivity contribution < 1.29 is 13.9 Å². The van der Waals surface area contributed by atoms with Crippen LogP contribution in [0.5, 0.6) is 5.75 Å². The van der Waals surface area contributed by atoms with Gasteiger partial charge in [0.25, 0.3) is 5.91 Å². The van der Waals surface area contributed by atoms with Gasteiger partial charge in [-0.25, -0.2) is 20.8 Å². The minimum absolute atomic E-state index is 0.266. The number of benzene rings is 2. The maximum atomic E-state index is 13.3. The first-order valence-corrected chi connectivity index (χ1v) is 9.41. The van der Waals surface area contributed by atoms with E-state index in [-0.39, 0.29) is 17.6 Å². The fourth-order valence-corrected chi connectivity index (χ4v) is 2.93. The van der Waals surface area contributed by atoms with Crippen LogP contribution >= 0.6 is 0 Å². The maximum absolute atomic E-state index is 13.3. The van der Waals surface area contributed by atoms with E-state index < -0.39 is 0 Å². The quantitative estimate of drug-likeness (QED) is 0.195. The number of aromatic nitrogens is 1. The topological polar surface area (TPSA) is 128 Å². The molecule has 2 aromatic carbocycles. The monoisotopic (exact) mass is 410 g/mol. The average Bonchev–Trinajstić information content (AvgIpc) is 2.74. The molecule has 0 aliphatic rings. The van der Waals surface area contributed by atoms with Gasteiger partial charge in [0.15, 0.2) is 0 Å². The van der Waals surface area contributed by atoms with Gasteiger partial charge >= 0.3 is 0 Å². The molecule has 0 saturated heterocycles. The van der Waals surface area contributed by atoms with Gasteiger partial charge in [0.2, 0.25) is 0 Å². The molecule has 30 heavy (non-hydrogen) atoms. The lowest BCUT2D eigenvalue weighted by molar-refractivity contribution is 0.0955. The number of pyridine rings is 1. The summed E-state index contributed by atoms with van der Waals surface area (Å²) in [4.78, 5) is 17.1. The molecule has 0 bridgehead atoms. The average molecular weight is 410 g/mol. The van der Waals surface area contributed by atoms with E-state index in [1.807, 2.05) is 13.0 Å². The summed E-state index contributed by atoms with van der Waals surface area (Å²) < 4.78 is 19.0. The number of halogens is 1. The third-order valence-corrected chi connectivity index (χ3v) is 4.35. The zero-order valence-corrected chi connectivity index (χ0v) is 16.5. The number of amides is 1. The summed E-state index contributed by atoms with van der Waals surface area (Å²) in [5, 5.41) is 7.19. The molecule has 0 atom stereocenters. The Morgan fingerprint density at radius 1 is 1.20 bits per heavy atom. The maximum Gasteiger partial charge on any atom is 0.251 e. The van der Waals surface area contributed by atoms with Crippen LogP contribution in [0.25, 0.3) is 22.2 Å². The van der Waals surface area contributed by atoms with Gasteiger partial charge in [-0.05, 0) is 49.4 Å². The number of ether oxygens (including phenoxy) is 1. The Labute approximate surface area is 173 Å². The van der Waals surface area contributed by atoms with Crippen LogP contribution in [0.15, 0.2) is 53.6 Å². The third-order valence-electron chi connectivity index (χ3n) is 4.35. The highest BCUT2D eigenvalue weighted by atomic mass is 19.1. The number of fused-ring (bicyclic) bond motifs is 1. The van der Waals surface area contributed by atoms with Crippen molar-refractivity contribution in [3.63, 3.8) is 0 Å². The van der Waals surface area contributed by atoms with Crippen LogP contribution in [0.2, 0.25) is 0 Å². The Hall–Kier alpha value is -3.72. The van der Waals surface area contributed by atoms with E-state index in [4.69, 9.17) is 16.3 Å². The number of rotatable bonds is 8. The molecule has 3 aromatic rings. The largest absolute Gasteiger partial charge is 0.493 e. The molecule has 1 amide bonds. The van der Waals surface area contributed by atoms with Crippen LogP contribution in [0.1, 0.15) is 23.7 Å². The second kappa shape index (κ2) is 9.66. The summed E-state index contributed by atoms with van der Waals surface area (Å²) in [6, 6.07) is 13.1. The van der Waals surface area contributed by atoms with Crippen LogP contribution in [-0.4, -0.2) is 29.9 Å². The fourth-order valence-electron chi connectivity index (χ4n) is 2.93. The summed E-state index contributed by atoms with van der Waals surface area (Å²) in [5.41, 5.74) is 10.1. The number of nitrogens with one attached hydrogen (secondary N) is 2. The molecule has 0 fully saturated rings. The lowest BCUT2D eigenvalue weighted by Crippen LogP contribution is -2.29. The SMILES string of the molecule is CCOc1cc(-c2ccc(F)cc2)nc2cc(C(=O)NCC/C(N)=N/NN)ccc12. The van der Waals surface area contributed by atoms with Crippen LogP contribution in [0.4, 0.5) is 4.39 Å². The molecule has 3 rings (SSSR count). The van der Waals surface area contributed by atoms with Crippen molar-refractivity contribution in [2.45, 2.75) is 13.3 Å². The summed E-state index contributed by atoms with van der Waals surface area (Å²) in [5.74, 6) is 5.40. The van der Waals surface area contributed by atoms with Crippen molar-refractivity contribution in [3.8, 4) is 17.0 Å². The molecule has 0 saturated carbocycles. The minimum atomic E-state index is -0.323. The molecule has 156 valence electrons. The number of nitrogens with zero attached hydrogens (tertiary/aromatic N) is 2. The number of hydrogen-bond donors (Lipinski definition) is 4. The number of nitrogens with two attached hydrogens (primary N) is 2. The van der Waals surface area contributed by atoms with E-state index >= 15 is 0 Å². The van der Waals surface area contributed by atoms with Crippen molar-refractivity contribution in [2.75, 3.05) is 13.2 Å². The molecule has 0 aliphatic carbocycles. The second-order valence-corrected chi connectivity index (χ2v) is 6.42. The van der Waals surface area contributed by atoms with Gasteiger partial charge in [0.1, 0.15) is 17.4 Å². The number of hydrogen-bond acceptors (Lipinski definition) is 6. The van der Waals surface area contributed by atoms with Crippen LogP contribution in [-0.2, 0) is 0 Å². The van der Waals surface area contributed by atoms with Gasteiger partial charge in [0, 0.05) is 35.5 Å². The molecule has 1 aromatic heterocycles. The van der Waals surface area contributed by atoms with Gasteiger partial charge < -0.3 is 15.8 Å². The van der Waals surface area contributed by atoms with Crippen LogP contribution in [0, 0.1) is 5.82 Å². The van der Waals surface area contributed by atoms with E-state index in [2.05, 4.69) is 20.9 Å². The molecule has 0 radical (unpaired) electrons. The Kier molecular flexibility index (Phi) is 6.76. The van der Waals surface area contributed by atoms with Gasteiger partial charge in [-0.3, -0.25) is 4.79 Å². The van der Waals surface area contributed by atoms with Crippen molar-refractivity contribution in [2.24, 2.45) is 16.7 Å². The van der Waals surface area contributed by atoms with Gasteiger partial charge in [0.05, 0.1) is 17.8 Å². The molecule has 0 spiro atoms. The summed E-state index contributed by atoms with van der Waals surface area (Å²) >= 11 is 0. The van der Waals surface area contributed by atoms with E-state index in [0.717, 1.165) is 10.9 Å². The highest BCUT2D eigenvalue weighted by molar-refractivity contribution is 5.99. The summed E-state index contributed by atoms with van der Waals surface area (Å²) in [6.45, 7) is 2.67. The Bertz CT molecular complexity index is 1070. The standard InChI is InChI=1S/C21H23FN6O2/c1-2-30-19-12-17(13-3-6-15(22)7-4-13)26-18-11-14(5-8-16(18)19)21(29)25-10-9-20(23)27-28-24/h3-8,11-12,28H,2,9-10,24H2,1H3,(H2,23,27)(H,25,29). The number of hydrazone groups is 1. The zero-order chi connectivity index (χ0) is 21.5. The molecule has 6 N–H and O–H groups in total. The molecule has 1 heterocycles. The van der Waals surface area contributed by atoms with E-state index in [1.54, 1.807) is 30.3 Å². The minimum Gasteiger partial charge on any atom is -0.493 e. The molecule has 0 aliphatic heterocycles. The zero-order valence-electron chi connectivity index (χ0n) is 16.5. The van der Waals surface area contributed by atoms with Gasteiger partial charge in [-0.15, -0.1) is 0 Å². The second-order valence-electron chi connectivity index (χ2n) is 6.42. The lowest BCUT2D eigenvalue weighted by atomic mass is 10.1. The first-order valence-electron chi connectivity index (χ1n) is 9.41. The highest BCUT2D eigenvalue weighted by Crippen LogP contribution is 2.31. The Balaban J connectivity index is 1.90. The summed E-state index contributed by atoms with van der Waals surface area (Å²) in [7, 11) is 0. The van der Waals surface area contributed by atoms with E-state index in [0.29, 0.717) is 42.1 Å². The van der Waals surface area contributed by atoms with Crippen molar-refractivity contribution in [1.82, 2.24) is 15.8 Å². The van der Waals surface area contributed by atoms with Gasteiger partial charge in [-0.2, -0.15) is 5.10 Å². The molecule has 8 nitrogen and oxygen atoms in total. The Morgan fingerprint density at radius 2 is 1.97 bits per heavy atom. The molecule has 9 heteroatoms. The Morgan fingerprint density at radius 3 is 2.67 bits per heavy atom. The summed E-state index contributed by atoms with van der Waals surface area (Å²) in [6.07, 6.45) is 0.352. The number of amidine groups is 1. The molecular formula is C21H23FN6O2. The first-order chi connectivity index (χ1) is 14.5. The highest BCUT2D eigenvalue weighted by Gasteiger charge is 2.12. The van der Waals surface area contributed by atoms with Crippen LogP contribution < -0.4 is 27.2 Å². The van der Waals surface area contributed by atoms with Crippen molar-refractivity contribution >= 4 is 22.6 Å². The normalized spacial score (nSPS) is 11.4. The van der Waals surface area contributed by atoms with Crippen LogP contribution in [0.3, 0.4) is 0 Å².